The van der Waals surface area contributed by atoms with Crippen molar-refractivity contribution < 1.29 is 17.9 Å². The maximum absolute atomic E-state index is 13.0. The molecule has 0 aromatic heterocycles. The van der Waals surface area contributed by atoms with Crippen LogP contribution in [0, 0.1) is 0 Å². The van der Waals surface area contributed by atoms with E-state index in [1.54, 1.807) is 24.3 Å². The van der Waals surface area contributed by atoms with Crippen LogP contribution >= 0.6 is 36.4 Å². The standard InChI is InChI=1S/C25H24ClF3N2O.2ClH/c26-21-9-6-17(7-10-21)19-8-11-24(32-25(27,28)29)20(14-19)15-31-23-12-13-30-16-22(23)18-4-2-1-3-5-18;;/h1-11,14,22-23,30-31H,12-13,15-16H2;2*1H/t22-,23-;;/m0../s1. The molecular formula is C25H26Cl3F3N2O. The van der Waals surface area contributed by atoms with Crippen LogP contribution in [0.15, 0.2) is 72.8 Å². The molecule has 1 fully saturated rings. The van der Waals surface area contributed by atoms with Gasteiger partial charge in [0, 0.05) is 35.6 Å². The average Bonchev–Trinajstić information content (AvgIpc) is 2.79. The topological polar surface area (TPSA) is 33.3 Å². The van der Waals surface area contributed by atoms with E-state index in [1.165, 1.54) is 11.6 Å². The summed E-state index contributed by atoms with van der Waals surface area (Å²) in [7, 11) is 0. The van der Waals surface area contributed by atoms with Crippen LogP contribution in [-0.2, 0) is 6.54 Å². The summed E-state index contributed by atoms with van der Waals surface area (Å²) in [5, 5.41) is 7.51. The van der Waals surface area contributed by atoms with Gasteiger partial charge in [-0.1, -0.05) is 60.1 Å². The summed E-state index contributed by atoms with van der Waals surface area (Å²) in [5.41, 5.74) is 3.34. The molecule has 3 nitrogen and oxygen atoms in total. The molecule has 1 saturated heterocycles. The second-order valence-corrected chi connectivity index (χ2v) is 8.31. The first kappa shape index (κ1) is 28.3. The highest BCUT2D eigenvalue weighted by Gasteiger charge is 2.32. The van der Waals surface area contributed by atoms with Gasteiger partial charge in [-0.05, 0) is 53.9 Å². The van der Waals surface area contributed by atoms with Gasteiger partial charge in [-0.25, -0.2) is 0 Å². The van der Waals surface area contributed by atoms with Gasteiger partial charge in [0.05, 0.1) is 0 Å². The van der Waals surface area contributed by atoms with E-state index in [0.29, 0.717) is 10.6 Å². The van der Waals surface area contributed by atoms with E-state index in [9.17, 15) is 13.2 Å². The van der Waals surface area contributed by atoms with Gasteiger partial charge in [-0.15, -0.1) is 38.0 Å². The van der Waals surface area contributed by atoms with E-state index in [2.05, 4.69) is 27.5 Å². The van der Waals surface area contributed by atoms with Gasteiger partial charge in [-0.3, -0.25) is 0 Å². The van der Waals surface area contributed by atoms with E-state index >= 15 is 0 Å². The molecule has 3 aromatic rings. The van der Waals surface area contributed by atoms with Crippen LogP contribution in [0.25, 0.3) is 11.1 Å². The fourth-order valence-electron chi connectivity index (χ4n) is 4.16. The third-order valence-corrected chi connectivity index (χ3v) is 5.98. The number of nitrogens with one attached hydrogen (secondary N) is 2. The molecule has 0 spiro atoms. The highest BCUT2D eigenvalue weighted by atomic mass is 35.5. The number of benzene rings is 3. The molecule has 34 heavy (non-hydrogen) atoms. The monoisotopic (exact) mass is 532 g/mol. The third-order valence-electron chi connectivity index (χ3n) is 5.73. The van der Waals surface area contributed by atoms with E-state index < -0.39 is 6.36 Å². The van der Waals surface area contributed by atoms with Crippen molar-refractivity contribution in [3.8, 4) is 16.9 Å². The van der Waals surface area contributed by atoms with Gasteiger partial charge >= 0.3 is 6.36 Å². The van der Waals surface area contributed by atoms with Crippen molar-refractivity contribution in [1.29, 1.82) is 0 Å². The van der Waals surface area contributed by atoms with Gasteiger partial charge in [-0.2, -0.15) is 0 Å². The van der Waals surface area contributed by atoms with Crippen LogP contribution < -0.4 is 15.4 Å². The van der Waals surface area contributed by atoms with Crippen LogP contribution in [0.5, 0.6) is 5.75 Å². The SMILES string of the molecule is Cl.Cl.FC(F)(F)Oc1ccc(-c2ccc(Cl)cc2)cc1CN[C@H]1CCNC[C@H]1c1ccccc1. The second-order valence-electron chi connectivity index (χ2n) is 7.87. The molecule has 0 aliphatic carbocycles. The highest BCUT2D eigenvalue weighted by molar-refractivity contribution is 6.30. The summed E-state index contributed by atoms with van der Waals surface area (Å²) in [6, 6.07) is 22.3. The Kier molecular flexibility index (Phi) is 10.5. The average molecular weight is 534 g/mol. The van der Waals surface area contributed by atoms with Crippen LogP contribution in [0.1, 0.15) is 23.5 Å². The summed E-state index contributed by atoms with van der Waals surface area (Å²) in [6.45, 7) is 1.94. The molecule has 1 aliphatic heterocycles. The van der Waals surface area contributed by atoms with Crippen molar-refractivity contribution in [1.82, 2.24) is 10.6 Å². The summed E-state index contributed by atoms with van der Waals surface area (Å²) >= 11 is 5.97. The number of ether oxygens (including phenoxy) is 1. The smallest absolute Gasteiger partial charge is 0.405 e. The minimum absolute atomic E-state index is 0. The van der Waals surface area contributed by atoms with Crippen molar-refractivity contribution >= 4 is 36.4 Å². The Labute approximate surface area is 214 Å². The summed E-state index contributed by atoms with van der Waals surface area (Å²) in [5.74, 6) is 0.0456. The van der Waals surface area contributed by atoms with Crippen LogP contribution in [0.2, 0.25) is 5.02 Å². The predicted octanol–water partition coefficient (Wildman–Crippen LogP) is 6.98. The molecule has 0 saturated carbocycles. The van der Waals surface area contributed by atoms with E-state index in [4.69, 9.17) is 11.6 Å². The Hall–Kier alpha value is -1.96. The molecule has 3 aromatic carbocycles. The Morgan fingerprint density at radius 3 is 2.29 bits per heavy atom. The number of halogens is 6. The molecular weight excluding hydrogens is 508 g/mol. The lowest BCUT2D eigenvalue weighted by molar-refractivity contribution is -0.274. The fraction of sp³-hybridized carbons (Fsp3) is 0.280. The lowest BCUT2D eigenvalue weighted by Crippen LogP contribution is -2.45. The third kappa shape index (κ3) is 7.52. The Bertz CT molecular complexity index is 1030. The van der Waals surface area contributed by atoms with Gasteiger partial charge in [0.2, 0.25) is 0 Å². The van der Waals surface area contributed by atoms with Crippen LogP contribution in [0.4, 0.5) is 13.2 Å². The first-order valence-electron chi connectivity index (χ1n) is 10.5. The maximum Gasteiger partial charge on any atom is 0.573 e. The van der Waals surface area contributed by atoms with E-state index in [0.717, 1.165) is 30.6 Å². The minimum Gasteiger partial charge on any atom is -0.405 e. The van der Waals surface area contributed by atoms with Crippen molar-refractivity contribution in [3.63, 3.8) is 0 Å². The Morgan fingerprint density at radius 2 is 1.62 bits per heavy atom. The molecule has 184 valence electrons. The van der Waals surface area contributed by atoms with Gasteiger partial charge < -0.3 is 15.4 Å². The molecule has 9 heteroatoms. The first-order valence-corrected chi connectivity index (χ1v) is 10.9. The molecule has 1 heterocycles. The zero-order valence-corrected chi connectivity index (χ0v) is 20.5. The van der Waals surface area contributed by atoms with E-state index in [-0.39, 0.29) is 49.1 Å². The second kappa shape index (κ2) is 12.7. The summed E-state index contributed by atoms with van der Waals surface area (Å²) < 4.78 is 43.3. The van der Waals surface area contributed by atoms with Crippen molar-refractivity contribution in [2.45, 2.75) is 31.3 Å². The number of hydrogen-bond acceptors (Lipinski definition) is 3. The molecule has 4 rings (SSSR count). The number of piperidine rings is 1. The number of rotatable bonds is 6. The Balaban J connectivity index is 0.00000204. The summed E-state index contributed by atoms with van der Waals surface area (Å²) in [4.78, 5) is 0. The number of hydrogen-bond donors (Lipinski definition) is 2. The Morgan fingerprint density at radius 1 is 0.941 bits per heavy atom. The lowest BCUT2D eigenvalue weighted by Gasteiger charge is -2.33. The lowest BCUT2D eigenvalue weighted by atomic mass is 9.86. The van der Waals surface area contributed by atoms with Crippen molar-refractivity contribution in [3.05, 3.63) is 88.9 Å². The normalized spacial score (nSPS) is 17.9. The quantitative estimate of drug-likeness (QED) is 0.358. The summed E-state index contributed by atoms with van der Waals surface area (Å²) in [6.07, 6.45) is -3.87. The molecule has 0 radical (unpaired) electrons. The first-order chi connectivity index (χ1) is 15.4. The number of alkyl halides is 3. The van der Waals surface area contributed by atoms with Crippen molar-refractivity contribution in [2.75, 3.05) is 13.1 Å². The fourth-order valence-corrected chi connectivity index (χ4v) is 4.28. The highest BCUT2D eigenvalue weighted by Crippen LogP contribution is 2.32. The molecule has 2 atom stereocenters. The molecule has 2 N–H and O–H groups in total. The maximum atomic E-state index is 13.0. The van der Waals surface area contributed by atoms with Crippen LogP contribution in [-0.4, -0.2) is 25.5 Å². The van der Waals surface area contributed by atoms with Gasteiger partial charge in [0.25, 0.3) is 0 Å². The zero-order valence-electron chi connectivity index (χ0n) is 18.1. The van der Waals surface area contributed by atoms with Gasteiger partial charge in [0.1, 0.15) is 5.75 Å². The minimum atomic E-state index is -4.75. The largest absolute Gasteiger partial charge is 0.573 e. The predicted molar refractivity (Wildman–Crippen MR) is 135 cm³/mol. The molecule has 0 bridgehead atoms. The molecule has 0 unspecified atom stereocenters. The zero-order chi connectivity index (χ0) is 22.6. The molecule has 1 aliphatic rings. The van der Waals surface area contributed by atoms with Crippen LogP contribution in [0.3, 0.4) is 0 Å². The van der Waals surface area contributed by atoms with Crippen molar-refractivity contribution in [2.24, 2.45) is 0 Å². The van der Waals surface area contributed by atoms with E-state index in [1.807, 2.05) is 30.3 Å². The molecule has 0 amide bonds. The van der Waals surface area contributed by atoms with Gasteiger partial charge in [0.15, 0.2) is 0 Å².